The minimum atomic E-state index is -0.138. The molecule has 0 spiro atoms. The van der Waals surface area contributed by atoms with Crippen molar-refractivity contribution >= 4 is 6.21 Å². The van der Waals surface area contributed by atoms with Gasteiger partial charge in [0, 0.05) is 22.9 Å². The van der Waals surface area contributed by atoms with E-state index in [-0.39, 0.29) is 5.54 Å². The molecule has 126 valence electrons. The molecule has 2 heteroatoms. The molecule has 3 rings (SSSR count). The third-order valence-corrected chi connectivity index (χ3v) is 3.96. The maximum Gasteiger partial charge on any atom is 0.131 e. The van der Waals surface area contributed by atoms with Crippen molar-refractivity contribution in [3.8, 4) is 28.0 Å². The first-order valence-electron chi connectivity index (χ1n) is 8.48. The largest absolute Gasteiger partial charge is 0.507 e. The summed E-state index contributed by atoms with van der Waals surface area (Å²) in [6, 6.07) is 23.8. The van der Waals surface area contributed by atoms with Crippen LogP contribution < -0.4 is 0 Å². The topological polar surface area (TPSA) is 32.6 Å². The van der Waals surface area contributed by atoms with Crippen LogP contribution in [0.15, 0.2) is 77.8 Å². The predicted molar refractivity (Wildman–Crippen MR) is 106 cm³/mol. The Balaban J connectivity index is 2.11. The van der Waals surface area contributed by atoms with Crippen LogP contribution >= 0.6 is 0 Å². The second-order valence-corrected chi connectivity index (χ2v) is 7.08. The highest BCUT2D eigenvalue weighted by molar-refractivity contribution is 5.93. The zero-order chi connectivity index (χ0) is 17.9. The highest BCUT2D eigenvalue weighted by Gasteiger charge is 2.13. The van der Waals surface area contributed by atoms with Gasteiger partial charge in [0.25, 0.3) is 0 Å². The van der Waals surface area contributed by atoms with Crippen molar-refractivity contribution < 1.29 is 5.11 Å². The van der Waals surface area contributed by atoms with E-state index >= 15 is 0 Å². The lowest BCUT2D eigenvalue weighted by atomic mass is 9.94. The molecular weight excluding hydrogens is 306 g/mol. The second kappa shape index (κ2) is 6.94. The third kappa shape index (κ3) is 3.97. The van der Waals surface area contributed by atoms with Crippen molar-refractivity contribution in [3.63, 3.8) is 0 Å². The molecular formula is C23H23NO. The molecule has 0 fully saturated rings. The lowest BCUT2D eigenvalue weighted by Gasteiger charge is -2.14. The number of rotatable bonds is 3. The van der Waals surface area contributed by atoms with Gasteiger partial charge in [0.05, 0.1) is 5.54 Å². The Kier molecular flexibility index (Phi) is 4.71. The molecule has 2 nitrogen and oxygen atoms in total. The molecule has 0 aliphatic heterocycles. The van der Waals surface area contributed by atoms with Gasteiger partial charge in [-0.15, -0.1) is 0 Å². The van der Waals surface area contributed by atoms with E-state index in [1.165, 1.54) is 0 Å². The van der Waals surface area contributed by atoms with Crippen LogP contribution in [0.2, 0.25) is 0 Å². The third-order valence-electron chi connectivity index (χ3n) is 3.96. The Morgan fingerprint density at radius 3 is 2.04 bits per heavy atom. The van der Waals surface area contributed by atoms with Crippen LogP contribution in [-0.2, 0) is 0 Å². The van der Waals surface area contributed by atoms with Crippen molar-refractivity contribution in [1.29, 1.82) is 0 Å². The predicted octanol–water partition coefficient (Wildman–Crippen LogP) is 5.94. The fourth-order valence-electron chi connectivity index (χ4n) is 2.73. The summed E-state index contributed by atoms with van der Waals surface area (Å²) >= 11 is 0. The van der Waals surface area contributed by atoms with Gasteiger partial charge in [-0.25, -0.2) is 0 Å². The minimum Gasteiger partial charge on any atom is -0.507 e. The first-order chi connectivity index (χ1) is 12.0. The maximum absolute atomic E-state index is 10.9. The number of nitrogens with zero attached hydrogens (tertiary/aromatic N) is 1. The Bertz CT molecular complexity index is 889. The van der Waals surface area contributed by atoms with E-state index in [0.29, 0.717) is 5.75 Å². The van der Waals surface area contributed by atoms with E-state index in [4.69, 9.17) is 0 Å². The molecule has 0 heterocycles. The zero-order valence-corrected chi connectivity index (χ0v) is 14.9. The first-order valence-corrected chi connectivity index (χ1v) is 8.48. The van der Waals surface area contributed by atoms with E-state index in [1.54, 1.807) is 0 Å². The van der Waals surface area contributed by atoms with Gasteiger partial charge in [0.2, 0.25) is 0 Å². The van der Waals surface area contributed by atoms with E-state index in [9.17, 15) is 5.11 Å². The maximum atomic E-state index is 10.9. The van der Waals surface area contributed by atoms with E-state index in [1.807, 2.05) is 79.0 Å². The molecule has 0 bridgehead atoms. The standard InChI is InChI=1S/C23H23NO/c1-23(2,3)24-16-18-12-7-8-13-19(18)21-15-9-14-20(22(21)25)17-10-5-4-6-11-17/h4-16,25H,1-3H3. The average molecular weight is 329 g/mol. The molecule has 0 radical (unpaired) electrons. The van der Waals surface area contributed by atoms with Crippen LogP contribution in [0, 0.1) is 0 Å². The number of phenolic OH excluding ortho intramolecular Hbond substituents is 1. The van der Waals surface area contributed by atoms with Crippen molar-refractivity contribution in [1.82, 2.24) is 0 Å². The van der Waals surface area contributed by atoms with Gasteiger partial charge in [0.15, 0.2) is 0 Å². The van der Waals surface area contributed by atoms with Crippen molar-refractivity contribution in [2.24, 2.45) is 4.99 Å². The number of hydrogen-bond acceptors (Lipinski definition) is 2. The minimum absolute atomic E-state index is 0.138. The Hall–Kier alpha value is -2.87. The SMILES string of the molecule is CC(C)(C)N=Cc1ccccc1-c1cccc(-c2ccccc2)c1O. The summed E-state index contributed by atoms with van der Waals surface area (Å²) in [5.41, 5.74) is 4.49. The number of aromatic hydroxyl groups is 1. The summed E-state index contributed by atoms with van der Waals surface area (Å²) in [6.45, 7) is 6.21. The number of hydrogen-bond donors (Lipinski definition) is 1. The fourth-order valence-corrected chi connectivity index (χ4v) is 2.73. The molecule has 0 atom stereocenters. The molecule has 0 saturated heterocycles. The van der Waals surface area contributed by atoms with Gasteiger partial charge >= 0.3 is 0 Å². The summed E-state index contributed by atoms with van der Waals surface area (Å²) in [4.78, 5) is 4.62. The zero-order valence-electron chi connectivity index (χ0n) is 14.9. The van der Waals surface area contributed by atoms with E-state index in [2.05, 4.69) is 25.8 Å². The van der Waals surface area contributed by atoms with Gasteiger partial charge in [-0.1, -0.05) is 72.8 Å². The summed E-state index contributed by atoms with van der Waals surface area (Å²) in [7, 11) is 0. The molecule has 3 aromatic rings. The Morgan fingerprint density at radius 1 is 0.720 bits per heavy atom. The number of phenols is 1. The van der Waals surface area contributed by atoms with Crippen LogP contribution in [-0.4, -0.2) is 16.9 Å². The lowest BCUT2D eigenvalue weighted by Crippen LogP contribution is -2.09. The molecule has 1 N–H and O–H groups in total. The number of benzene rings is 3. The van der Waals surface area contributed by atoms with Gasteiger partial charge in [-0.3, -0.25) is 4.99 Å². The summed E-state index contributed by atoms with van der Waals surface area (Å²) in [5, 5.41) is 10.9. The molecule has 0 aliphatic carbocycles. The fraction of sp³-hybridized carbons (Fsp3) is 0.174. The van der Waals surface area contributed by atoms with Crippen LogP contribution in [0.5, 0.6) is 5.75 Å². The highest BCUT2D eigenvalue weighted by atomic mass is 16.3. The van der Waals surface area contributed by atoms with Gasteiger partial charge in [0.1, 0.15) is 5.75 Å². The van der Waals surface area contributed by atoms with Crippen LogP contribution in [0.3, 0.4) is 0 Å². The molecule has 0 amide bonds. The van der Waals surface area contributed by atoms with Crippen LogP contribution in [0.25, 0.3) is 22.3 Å². The number of para-hydroxylation sites is 1. The lowest BCUT2D eigenvalue weighted by molar-refractivity contribution is 0.479. The van der Waals surface area contributed by atoms with E-state index < -0.39 is 0 Å². The van der Waals surface area contributed by atoms with Crippen molar-refractivity contribution in [2.75, 3.05) is 0 Å². The highest BCUT2D eigenvalue weighted by Crippen LogP contribution is 2.38. The molecule has 0 aromatic heterocycles. The van der Waals surface area contributed by atoms with Crippen LogP contribution in [0.4, 0.5) is 0 Å². The average Bonchev–Trinajstić information content (AvgIpc) is 2.61. The van der Waals surface area contributed by atoms with Gasteiger partial charge in [-0.2, -0.15) is 0 Å². The molecule has 0 saturated carbocycles. The smallest absolute Gasteiger partial charge is 0.131 e. The Morgan fingerprint density at radius 2 is 1.32 bits per heavy atom. The number of aliphatic imine (C=N–C) groups is 1. The molecule has 25 heavy (non-hydrogen) atoms. The van der Waals surface area contributed by atoms with Crippen molar-refractivity contribution in [2.45, 2.75) is 26.3 Å². The summed E-state index contributed by atoms with van der Waals surface area (Å²) in [6.07, 6.45) is 1.89. The second-order valence-electron chi connectivity index (χ2n) is 7.08. The first kappa shape index (κ1) is 17.0. The normalized spacial score (nSPS) is 11.8. The van der Waals surface area contributed by atoms with Gasteiger partial charge in [-0.05, 0) is 31.9 Å². The monoisotopic (exact) mass is 329 g/mol. The Labute approximate surface area is 149 Å². The van der Waals surface area contributed by atoms with Crippen LogP contribution in [0.1, 0.15) is 26.3 Å². The summed E-state index contributed by atoms with van der Waals surface area (Å²) in [5.74, 6) is 0.297. The molecule has 0 aliphatic rings. The van der Waals surface area contributed by atoms with Gasteiger partial charge < -0.3 is 5.11 Å². The summed E-state index contributed by atoms with van der Waals surface area (Å²) < 4.78 is 0. The van der Waals surface area contributed by atoms with Crippen molar-refractivity contribution in [3.05, 3.63) is 78.4 Å². The molecule has 3 aromatic carbocycles. The van der Waals surface area contributed by atoms with E-state index in [0.717, 1.165) is 27.8 Å². The quantitative estimate of drug-likeness (QED) is 0.592. The molecule has 0 unspecified atom stereocenters.